The van der Waals surface area contributed by atoms with E-state index in [4.69, 9.17) is 4.74 Å². The third-order valence-corrected chi connectivity index (χ3v) is 7.02. The first kappa shape index (κ1) is 20.6. The maximum atomic E-state index is 12.5. The molecular formula is C24H20N2O4S. The Balaban J connectivity index is 1.44. The molecule has 0 amide bonds. The Kier molecular flexibility index (Phi) is 5.74. The quantitative estimate of drug-likeness (QED) is 0.566. The molecule has 0 spiro atoms. The van der Waals surface area contributed by atoms with E-state index >= 15 is 0 Å². The van der Waals surface area contributed by atoms with Crippen LogP contribution in [0.25, 0.3) is 11.1 Å². The first-order valence-electron chi connectivity index (χ1n) is 9.84. The molecule has 156 valence electrons. The van der Waals surface area contributed by atoms with Gasteiger partial charge in [-0.2, -0.15) is 5.26 Å². The third-order valence-electron chi connectivity index (χ3n) is 5.15. The maximum Gasteiger partial charge on any atom is 0.338 e. The first-order chi connectivity index (χ1) is 15.0. The second-order valence-electron chi connectivity index (χ2n) is 7.22. The first-order valence-corrected chi connectivity index (χ1v) is 11.4. The third kappa shape index (κ3) is 4.44. The number of sulfonamides is 1. The summed E-state index contributed by atoms with van der Waals surface area (Å²) in [7, 11) is -3.31. The van der Waals surface area contributed by atoms with Crippen LogP contribution in [-0.2, 0) is 21.4 Å². The van der Waals surface area contributed by atoms with Crippen molar-refractivity contribution in [2.24, 2.45) is 0 Å². The van der Waals surface area contributed by atoms with Crippen LogP contribution in [0, 0.1) is 11.3 Å². The van der Waals surface area contributed by atoms with Gasteiger partial charge in [0.05, 0.1) is 28.6 Å². The van der Waals surface area contributed by atoms with Crippen molar-refractivity contribution in [1.82, 2.24) is 0 Å². The lowest BCUT2D eigenvalue weighted by atomic mass is 9.99. The summed E-state index contributed by atoms with van der Waals surface area (Å²) < 4.78 is 31.0. The zero-order valence-electron chi connectivity index (χ0n) is 16.7. The number of benzene rings is 3. The van der Waals surface area contributed by atoms with Crippen LogP contribution < -0.4 is 4.31 Å². The van der Waals surface area contributed by atoms with Crippen molar-refractivity contribution in [1.29, 1.82) is 5.26 Å². The van der Waals surface area contributed by atoms with Crippen molar-refractivity contribution in [3.8, 4) is 17.2 Å². The molecule has 0 atom stereocenters. The molecule has 3 aromatic carbocycles. The largest absolute Gasteiger partial charge is 0.457 e. The Morgan fingerprint density at radius 2 is 1.81 bits per heavy atom. The molecule has 1 saturated heterocycles. The van der Waals surface area contributed by atoms with Crippen LogP contribution in [0.2, 0.25) is 0 Å². The summed E-state index contributed by atoms with van der Waals surface area (Å²) in [4.78, 5) is 12.5. The van der Waals surface area contributed by atoms with E-state index < -0.39 is 16.0 Å². The van der Waals surface area contributed by atoms with Crippen molar-refractivity contribution in [3.05, 3.63) is 89.5 Å². The van der Waals surface area contributed by atoms with Crippen LogP contribution in [-0.4, -0.2) is 26.7 Å². The Morgan fingerprint density at radius 3 is 2.52 bits per heavy atom. The zero-order chi connectivity index (χ0) is 21.8. The summed E-state index contributed by atoms with van der Waals surface area (Å²) in [5.41, 5.74) is 3.95. The van der Waals surface area contributed by atoms with Crippen molar-refractivity contribution in [3.63, 3.8) is 0 Å². The minimum Gasteiger partial charge on any atom is -0.457 e. The molecule has 0 radical (unpaired) electrons. The molecule has 3 aromatic rings. The number of anilines is 1. The lowest BCUT2D eigenvalue weighted by Gasteiger charge is -2.17. The lowest BCUT2D eigenvalue weighted by Crippen LogP contribution is -2.25. The SMILES string of the molecule is N#Cc1ccccc1-c1ccc(COC(=O)c2cccc(N3CCCS3(=O)=O)c2)cc1. The van der Waals surface area contributed by atoms with Crippen LogP contribution in [0.5, 0.6) is 0 Å². The summed E-state index contributed by atoms with van der Waals surface area (Å²) in [5.74, 6) is -0.395. The number of carbonyl (C=O) groups is 1. The standard InChI is InChI=1S/C24H20N2O4S/c25-16-21-5-1-2-8-23(21)19-11-9-18(10-12-19)17-30-24(27)20-6-3-7-22(15-20)26-13-4-14-31(26,28)29/h1-3,5-12,15H,4,13-14,17H2. The van der Waals surface area contributed by atoms with Gasteiger partial charge in [0.15, 0.2) is 0 Å². The van der Waals surface area contributed by atoms with Gasteiger partial charge in [0.1, 0.15) is 6.61 Å². The number of hydrogen-bond donors (Lipinski definition) is 0. The highest BCUT2D eigenvalue weighted by atomic mass is 32.2. The number of rotatable bonds is 5. The molecule has 1 aliphatic heterocycles. The Bertz CT molecular complexity index is 1260. The fraction of sp³-hybridized carbons (Fsp3) is 0.167. The molecule has 1 heterocycles. The predicted molar refractivity (Wildman–Crippen MR) is 118 cm³/mol. The van der Waals surface area contributed by atoms with E-state index in [1.54, 1.807) is 30.3 Å². The number of nitrogens with zero attached hydrogens (tertiary/aromatic N) is 2. The van der Waals surface area contributed by atoms with Crippen LogP contribution in [0.3, 0.4) is 0 Å². The van der Waals surface area contributed by atoms with Crippen molar-refractivity contribution < 1.29 is 17.9 Å². The number of nitriles is 1. The summed E-state index contributed by atoms with van der Waals surface area (Å²) in [6.07, 6.45) is 0.575. The van der Waals surface area contributed by atoms with Gasteiger partial charge in [-0.25, -0.2) is 13.2 Å². The van der Waals surface area contributed by atoms with Gasteiger partial charge in [0.25, 0.3) is 0 Å². The van der Waals surface area contributed by atoms with E-state index in [2.05, 4.69) is 6.07 Å². The average Bonchev–Trinajstić information content (AvgIpc) is 3.16. The molecule has 31 heavy (non-hydrogen) atoms. The lowest BCUT2D eigenvalue weighted by molar-refractivity contribution is 0.0472. The Labute approximate surface area is 181 Å². The molecule has 1 aliphatic rings. The van der Waals surface area contributed by atoms with Gasteiger partial charge in [-0.1, -0.05) is 48.5 Å². The van der Waals surface area contributed by atoms with Gasteiger partial charge >= 0.3 is 5.97 Å². The monoisotopic (exact) mass is 432 g/mol. The van der Waals surface area contributed by atoms with Crippen molar-refractivity contribution in [2.45, 2.75) is 13.0 Å². The average molecular weight is 433 g/mol. The van der Waals surface area contributed by atoms with E-state index in [1.807, 2.05) is 42.5 Å². The minimum atomic E-state index is -3.31. The minimum absolute atomic E-state index is 0.0885. The molecule has 0 N–H and O–H groups in total. The molecule has 7 heteroatoms. The summed E-state index contributed by atoms with van der Waals surface area (Å²) >= 11 is 0. The van der Waals surface area contributed by atoms with Crippen molar-refractivity contribution >= 4 is 21.7 Å². The molecule has 0 bridgehead atoms. The smallest absolute Gasteiger partial charge is 0.338 e. The molecule has 0 aromatic heterocycles. The normalized spacial score (nSPS) is 14.7. The van der Waals surface area contributed by atoms with Gasteiger partial charge in [0.2, 0.25) is 10.0 Å². The van der Waals surface area contributed by atoms with Gasteiger partial charge in [-0.15, -0.1) is 0 Å². The van der Waals surface area contributed by atoms with Gasteiger partial charge in [0, 0.05) is 6.54 Å². The van der Waals surface area contributed by atoms with Crippen LogP contribution in [0.4, 0.5) is 5.69 Å². The predicted octanol–water partition coefficient (Wildman–Crippen LogP) is 4.12. The second kappa shape index (κ2) is 8.62. The second-order valence-corrected chi connectivity index (χ2v) is 9.24. The van der Waals surface area contributed by atoms with E-state index in [1.165, 1.54) is 4.31 Å². The van der Waals surface area contributed by atoms with E-state index in [0.717, 1.165) is 16.7 Å². The molecule has 0 unspecified atom stereocenters. The van der Waals surface area contributed by atoms with Crippen LogP contribution in [0.1, 0.15) is 27.9 Å². The van der Waals surface area contributed by atoms with Gasteiger partial charge in [-0.3, -0.25) is 4.31 Å². The number of hydrogen-bond acceptors (Lipinski definition) is 5. The van der Waals surface area contributed by atoms with Crippen molar-refractivity contribution in [2.75, 3.05) is 16.6 Å². The zero-order valence-corrected chi connectivity index (χ0v) is 17.5. The van der Waals surface area contributed by atoms with Gasteiger partial charge < -0.3 is 4.74 Å². The van der Waals surface area contributed by atoms with E-state index in [-0.39, 0.29) is 12.4 Å². The molecule has 6 nitrogen and oxygen atoms in total. The van der Waals surface area contributed by atoms with Crippen LogP contribution in [0.15, 0.2) is 72.8 Å². The highest BCUT2D eigenvalue weighted by Gasteiger charge is 2.28. The maximum absolute atomic E-state index is 12.5. The summed E-state index contributed by atoms with van der Waals surface area (Å²) in [6, 6.07) is 23.5. The Morgan fingerprint density at radius 1 is 1.03 bits per heavy atom. The fourth-order valence-electron chi connectivity index (χ4n) is 3.56. The van der Waals surface area contributed by atoms with Gasteiger partial charge in [-0.05, 0) is 47.4 Å². The summed E-state index contributed by atoms with van der Waals surface area (Å²) in [5, 5.41) is 9.26. The fourth-order valence-corrected chi connectivity index (χ4v) is 5.12. The molecule has 4 rings (SSSR count). The highest BCUT2D eigenvalue weighted by molar-refractivity contribution is 7.93. The number of carbonyl (C=O) groups excluding carboxylic acids is 1. The Hall–Kier alpha value is -3.63. The molecule has 0 saturated carbocycles. The molecule has 0 aliphatic carbocycles. The van der Waals surface area contributed by atoms with Crippen LogP contribution >= 0.6 is 0 Å². The number of ether oxygens (including phenoxy) is 1. The van der Waals surface area contributed by atoms with E-state index in [0.29, 0.717) is 29.8 Å². The highest BCUT2D eigenvalue weighted by Crippen LogP contribution is 2.26. The van der Waals surface area contributed by atoms with E-state index in [9.17, 15) is 18.5 Å². The molecular weight excluding hydrogens is 412 g/mol. The number of esters is 1. The molecule has 1 fully saturated rings. The summed E-state index contributed by atoms with van der Waals surface area (Å²) in [6.45, 7) is 0.507. The topological polar surface area (TPSA) is 87.5 Å².